The standard InChI is InChI=1S/C22H26FN7O4S/c1-14(2)29-11-19(26-13-29)15-6-8-28(9-7-15)22-20(30(31)32)21(24-12-25-22)27-18-5-4-16(10-17(18)23)35(3,33)34/h4-5,10-15H,6-9H2,1-3H3,(H,24,25,27). The van der Waals surface area contributed by atoms with E-state index in [1.807, 2.05) is 17.4 Å². The molecule has 11 nitrogen and oxygen atoms in total. The number of benzene rings is 1. The molecule has 4 rings (SSSR count). The Balaban J connectivity index is 1.56. The van der Waals surface area contributed by atoms with Crippen molar-refractivity contribution in [2.45, 2.75) is 43.5 Å². The lowest BCUT2D eigenvalue weighted by Gasteiger charge is -2.31. The summed E-state index contributed by atoms with van der Waals surface area (Å²) < 4.78 is 39.9. The second-order valence-corrected chi connectivity index (χ2v) is 10.8. The maximum Gasteiger partial charge on any atom is 0.353 e. The van der Waals surface area contributed by atoms with Crippen LogP contribution in [0.25, 0.3) is 0 Å². The molecule has 0 unspecified atom stereocenters. The third-order valence-corrected chi connectivity index (χ3v) is 7.15. The first-order chi connectivity index (χ1) is 16.5. The molecule has 1 aliphatic rings. The number of nitro groups is 1. The number of aromatic nitrogens is 4. The van der Waals surface area contributed by atoms with E-state index in [-0.39, 0.29) is 33.8 Å². The molecular weight excluding hydrogens is 477 g/mol. The summed E-state index contributed by atoms with van der Waals surface area (Å²) in [6, 6.07) is 3.61. The van der Waals surface area contributed by atoms with Crippen LogP contribution in [-0.4, -0.2) is 52.2 Å². The zero-order chi connectivity index (χ0) is 25.3. The van der Waals surface area contributed by atoms with Crippen molar-refractivity contribution >= 4 is 32.8 Å². The molecule has 1 fully saturated rings. The molecule has 0 amide bonds. The van der Waals surface area contributed by atoms with E-state index in [1.165, 1.54) is 18.5 Å². The highest BCUT2D eigenvalue weighted by Gasteiger charge is 2.31. The Kier molecular flexibility index (Phi) is 6.70. The Morgan fingerprint density at radius 2 is 1.91 bits per heavy atom. The van der Waals surface area contributed by atoms with Crippen LogP contribution in [0, 0.1) is 15.9 Å². The van der Waals surface area contributed by atoms with E-state index in [0.717, 1.165) is 30.9 Å². The van der Waals surface area contributed by atoms with E-state index in [9.17, 15) is 22.9 Å². The van der Waals surface area contributed by atoms with Crippen molar-refractivity contribution in [2.75, 3.05) is 29.6 Å². The summed E-state index contributed by atoms with van der Waals surface area (Å²) in [5.74, 6) is -0.660. The minimum absolute atomic E-state index is 0.135. The van der Waals surface area contributed by atoms with Gasteiger partial charge in [-0.1, -0.05) is 0 Å². The quantitative estimate of drug-likeness (QED) is 0.377. The Morgan fingerprint density at radius 1 is 1.20 bits per heavy atom. The Morgan fingerprint density at radius 3 is 2.49 bits per heavy atom. The number of halogens is 1. The van der Waals surface area contributed by atoms with E-state index in [1.54, 1.807) is 0 Å². The lowest BCUT2D eigenvalue weighted by Crippen LogP contribution is -2.34. The van der Waals surface area contributed by atoms with Gasteiger partial charge in [-0.25, -0.2) is 27.8 Å². The molecular formula is C22H26FN7O4S. The second kappa shape index (κ2) is 9.56. The van der Waals surface area contributed by atoms with Gasteiger partial charge in [0.05, 0.1) is 27.5 Å². The Bertz CT molecular complexity index is 1350. The summed E-state index contributed by atoms with van der Waals surface area (Å²) in [7, 11) is -3.60. The number of nitrogens with zero attached hydrogens (tertiary/aromatic N) is 6. The van der Waals surface area contributed by atoms with Crippen molar-refractivity contribution in [1.82, 2.24) is 19.5 Å². The smallest absolute Gasteiger partial charge is 0.351 e. The summed E-state index contributed by atoms with van der Waals surface area (Å²) in [5.41, 5.74) is 0.497. The summed E-state index contributed by atoms with van der Waals surface area (Å²) in [4.78, 5) is 25.6. The second-order valence-electron chi connectivity index (χ2n) is 8.79. The summed E-state index contributed by atoms with van der Waals surface area (Å²) in [6.45, 7) is 5.24. The molecule has 13 heteroatoms. The minimum atomic E-state index is -3.60. The van der Waals surface area contributed by atoms with Crippen LogP contribution in [-0.2, 0) is 9.84 Å². The van der Waals surface area contributed by atoms with Gasteiger partial charge in [0, 0.05) is 37.5 Å². The number of hydrogen-bond donors (Lipinski definition) is 1. The van der Waals surface area contributed by atoms with Gasteiger partial charge in [0.15, 0.2) is 9.84 Å². The predicted molar refractivity (Wildman–Crippen MR) is 128 cm³/mol. The van der Waals surface area contributed by atoms with E-state index in [4.69, 9.17) is 0 Å². The lowest BCUT2D eigenvalue weighted by atomic mass is 9.94. The Labute approximate surface area is 202 Å². The number of anilines is 3. The molecule has 0 spiro atoms. The van der Waals surface area contributed by atoms with Gasteiger partial charge in [0.25, 0.3) is 0 Å². The molecule has 1 aliphatic heterocycles. The summed E-state index contributed by atoms with van der Waals surface area (Å²) >= 11 is 0. The number of hydrogen-bond acceptors (Lipinski definition) is 9. The molecule has 2 aromatic heterocycles. The van der Waals surface area contributed by atoms with Crippen LogP contribution in [0.2, 0.25) is 0 Å². The molecule has 1 saturated heterocycles. The molecule has 0 atom stereocenters. The minimum Gasteiger partial charge on any atom is -0.351 e. The average Bonchev–Trinajstić information content (AvgIpc) is 3.30. The van der Waals surface area contributed by atoms with Gasteiger partial charge in [-0.15, -0.1) is 0 Å². The number of nitrogens with one attached hydrogen (secondary N) is 1. The normalized spacial score (nSPS) is 14.9. The molecule has 1 aromatic carbocycles. The van der Waals surface area contributed by atoms with Crippen LogP contribution < -0.4 is 10.2 Å². The van der Waals surface area contributed by atoms with Gasteiger partial charge >= 0.3 is 5.69 Å². The lowest BCUT2D eigenvalue weighted by molar-refractivity contribution is -0.383. The van der Waals surface area contributed by atoms with E-state index in [0.29, 0.717) is 19.1 Å². The van der Waals surface area contributed by atoms with Crippen molar-refractivity contribution in [3.8, 4) is 0 Å². The van der Waals surface area contributed by atoms with Crippen molar-refractivity contribution in [2.24, 2.45) is 0 Å². The van der Waals surface area contributed by atoms with Crippen LogP contribution in [0.3, 0.4) is 0 Å². The first-order valence-corrected chi connectivity index (χ1v) is 13.0. The third-order valence-electron chi connectivity index (χ3n) is 6.04. The average molecular weight is 504 g/mol. The monoisotopic (exact) mass is 503 g/mol. The largest absolute Gasteiger partial charge is 0.353 e. The highest BCUT2D eigenvalue weighted by atomic mass is 32.2. The first kappa shape index (κ1) is 24.5. The third kappa shape index (κ3) is 5.24. The van der Waals surface area contributed by atoms with E-state index in [2.05, 4.69) is 38.7 Å². The summed E-state index contributed by atoms with van der Waals surface area (Å²) in [6.07, 6.45) is 7.52. The van der Waals surface area contributed by atoms with Crippen LogP contribution in [0.1, 0.15) is 44.3 Å². The molecule has 0 saturated carbocycles. The number of sulfone groups is 1. The fourth-order valence-electron chi connectivity index (χ4n) is 4.05. The molecule has 0 aliphatic carbocycles. The van der Waals surface area contributed by atoms with Crippen LogP contribution >= 0.6 is 0 Å². The number of rotatable bonds is 7. The van der Waals surface area contributed by atoms with Crippen LogP contribution in [0.4, 0.5) is 27.4 Å². The van der Waals surface area contributed by atoms with Gasteiger partial charge in [0.2, 0.25) is 11.6 Å². The first-order valence-electron chi connectivity index (χ1n) is 11.1. The van der Waals surface area contributed by atoms with Crippen molar-refractivity contribution in [3.63, 3.8) is 0 Å². The highest BCUT2D eigenvalue weighted by molar-refractivity contribution is 7.90. The highest BCUT2D eigenvalue weighted by Crippen LogP contribution is 2.37. The molecule has 3 heterocycles. The van der Waals surface area contributed by atoms with Crippen molar-refractivity contribution in [3.05, 3.63) is 58.7 Å². The molecule has 186 valence electrons. The van der Waals surface area contributed by atoms with Crippen LogP contribution in [0.5, 0.6) is 0 Å². The maximum atomic E-state index is 14.6. The Hall–Kier alpha value is -3.61. The SMILES string of the molecule is CC(C)n1cnc(C2CCN(c3ncnc(Nc4ccc(S(C)(=O)=O)cc4F)c3[N+](=O)[O-])CC2)c1. The predicted octanol–water partition coefficient (Wildman–Crippen LogP) is 3.83. The fourth-order valence-corrected chi connectivity index (χ4v) is 4.68. The molecule has 0 radical (unpaired) electrons. The van der Waals surface area contributed by atoms with Gasteiger partial charge in [-0.2, -0.15) is 0 Å². The van der Waals surface area contributed by atoms with Crippen molar-refractivity contribution < 1.29 is 17.7 Å². The maximum absolute atomic E-state index is 14.6. The molecule has 0 bridgehead atoms. The fraction of sp³-hybridized carbons (Fsp3) is 0.409. The zero-order valence-electron chi connectivity index (χ0n) is 19.5. The van der Waals surface area contributed by atoms with Gasteiger partial charge in [-0.05, 0) is 44.9 Å². The number of imidazole rings is 1. The van der Waals surface area contributed by atoms with E-state index >= 15 is 0 Å². The van der Waals surface area contributed by atoms with Crippen LogP contribution in [0.15, 0.2) is 41.9 Å². The summed E-state index contributed by atoms with van der Waals surface area (Å²) in [5, 5.41) is 14.6. The van der Waals surface area contributed by atoms with Crippen molar-refractivity contribution in [1.29, 1.82) is 0 Å². The zero-order valence-corrected chi connectivity index (χ0v) is 20.4. The van der Waals surface area contributed by atoms with Gasteiger partial charge < -0.3 is 14.8 Å². The molecule has 1 N–H and O–H groups in total. The van der Waals surface area contributed by atoms with Gasteiger partial charge in [-0.3, -0.25) is 10.1 Å². The number of piperidine rings is 1. The molecule has 3 aromatic rings. The van der Waals surface area contributed by atoms with Gasteiger partial charge in [0.1, 0.15) is 12.1 Å². The van der Waals surface area contributed by atoms with E-state index < -0.39 is 20.6 Å². The topological polar surface area (TPSA) is 136 Å². The molecule has 35 heavy (non-hydrogen) atoms.